The predicted octanol–water partition coefficient (Wildman–Crippen LogP) is 4.12. The van der Waals surface area contributed by atoms with Crippen LogP contribution < -0.4 is 5.32 Å². The number of nitrogens with one attached hydrogen (secondary N) is 1. The zero-order valence-corrected chi connectivity index (χ0v) is 20.4. The summed E-state index contributed by atoms with van der Waals surface area (Å²) >= 11 is 1.47. The lowest BCUT2D eigenvalue weighted by Crippen LogP contribution is -2.83. The largest absolute Gasteiger partial charge is 0.477 e. The van der Waals surface area contributed by atoms with Gasteiger partial charge >= 0.3 is 12.1 Å². The van der Waals surface area contributed by atoms with E-state index < -0.39 is 40.6 Å². The highest BCUT2D eigenvalue weighted by Gasteiger charge is 2.69. The molecule has 1 fully saturated rings. The maximum atomic E-state index is 13.2. The van der Waals surface area contributed by atoms with Crippen LogP contribution in [0, 0.1) is 12.3 Å². The molecule has 0 aliphatic carbocycles. The molecule has 32 heavy (non-hydrogen) atoms. The first-order valence-corrected chi connectivity index (χ1v) is 11.5. The first-order valence-electron chi connectivity index (χ1n) is 10.6. The van der Waals surface area contributed by atoms with E-state index in [1.165, 1.54) is 16.2 Å². The number of aromatic nitrogens is 1. The van der Waals surface area contributed by atoms with Crippen LogP contribution in [0.25, 0.3) is 6.08 Å². The second kappa shape index (κ2) is 8.03. The fraction of sp³-hybridized carbons (Fsp3) is 0.565. The van der Waals surface area contributed by atoms with Crippen molar-refractivity contribution in [1.29, 1.82) is 0 Å². The minimum Gasteiger partial charge on any atom is -0.477 e. The summed E-state index contributed by atoms with van der Waals surface area (Å²) in [5.41, 5.74) is 1.07. The van der Waals surface area contributed by atoms with Gasteiger partial charge in [-0.2, -0.15) is 0 Å². The lowest BCUT2D eigenvalue weighted by atomic mass is 9.58. The highest BCUT2D eigenvalue weighted by Crippen LogP contribution is 2.54. The number of alkyl carbamates (subject to hydrolysis) is 1. The minimum absolute atomic E-state index is 0.0307. The average Bonchev–Trinajstić information content (AvgIpc) is 3.05. The van der Waals surface area contributed by atoms with Gasteiger partial charge in [0.05, 0.1) is 16.7 Å². The van der Waals surface area contributed by atoms with Gasteiger partial charge in [-0.3, -0.25) is 9.69 Å². The summed E-state index contributed by atoms with van der Waals surface area (Å²) in [6, 6.07) is -0.860. The van der Waals surface area contributed by atoms with Crippen LogP contribution in [-0.2, 0) is 14.3 Å². The number of carboxylic acid groups (broad SMARTS) is 1. The van der Waals surface area contributed by atoms with Crippen LogP contribution in [0.5, 0.6) is 0 Å². The van der Waals surface area contributed by atoms with Crippen molar-refractivity contribution < 1.29 is 24.2 Å². The summed E-state index contributed by atoms with van der Waals surface area (Å²) in [5.74, 6) is -1.61. The van der Waals surface area contributed by atoms with Gasteiger partial charge in [0, 0.05) is 4.88 Å². The molecule has 0 radical (unpaired) electrons. The quantitative estimate of drug-likeness (QED) is 0.653. The Morgan fingerprint density at radius 3 is 2.44 bits per heavy atom. The smallest absolute Gasteiger partial charge is 0.408 e. The van der Waals surface area contributed by atoms with E-state index in [0.717, 1.165) is 10.6 Å². The first kappa shape index (κ1) is 24.0. The molecule has 2 aliphatic rings. The summed E-state index contributed by atoms with van der Waals surface area (Å²) in [6.45, 7) is 13.0. The molecule has 174 valence electrons. The van der Waals surface area contributed by atoms with E-state index in [1.807, 2.05) is 33.8 Å². The van der Waals surface area contributed by atoms with Crippen LogP contribution in [0.15, 0.2) is 22.9 Å². The summed E-state index contributed by atoms with van der Waals surface area (Å²) in [5, 5.41) is 12.8. The van der Waals surface area contributed by atoms with E-state index in [0.29, 0.717) is 18.4 Å². The number of aliphatic carboxylic acids is 1. The average molecular weight is 462 g/mol. The van der Waals surface area contributed by atoms with Crippen LogP contribution in [0.1, 0.15) is 65.0 Å². The van der Waals surface area contributed by atoms with E-state index in [9.17, 15) is 19.5 Å². The molecule has 2 amide bonds. The maximum absolute atomic E-state index is 13.2. The third-order valence-electron chi connectivity index (χ3n) is 6.03. The number of nitrogens with zero attached hydrogens (tertiary/aromatic N) is 2. The van der Waals surface area contributed by atoms with Crippen LogP contribution >= 0.6 is 11.3 Å². The van der Waals surface area contributed by atoms with Gasteiger partial charge in [0.25, 0.3) is 5.91 Å². The van der Waals surface area contributed by atoms with Crippen molar-refractivity contribution in [3.63, 3.8) is 0 Å². The molecule has 8 nitrogen and oxygen atoms in total. The second-order valence-electron chi connectivity index (χ2n) is 10.2. The Hall–Kier alpha value is -2.68. The number of β-lactam (4-membered cyclic amide) rings is 1. The summed E-state index contributed by atoms with van der Waals surface area (Å²) in [4.78, 5) is 44.5. The number of fused-ring (bicyclic) bond motifs is 1. The first-order chi connectivity index (χ1) is 14.7. The Bertz CT molecular complexity index is 1010. The molecule has 9 heteroatoms. The van der Waals surface area contributed by atoms with E-state index in [4.69, 9.17) is 4.74 Å². The van der Waals surface area contributed by atoms with Crippen molar-refractivity contribution in [2.24, 2.45) is 5.41 Å². The zero-order chi connectivity index (χ0) is 24.1. The van der Waals surface area contributed by atoms with Gasteiger partial charge in [0.2, 0.25) is 0 Å². The fourth-order valence-electron chi connectivity index (χ4n) is 4.54. The van der Waals surface area contributed by atoms with Gasteiger partial charge in [0.15, 0.2) is 0 Å². The monoisotopic (exact) mass is 461 g/mol. The van der Waals surface area contributed by atoms with Crippen LogP contribution in [-0.4, -0.2) is 50.1 Å². The zero-order valence-electron chi connectivity index (χ0n) is 19.6. The number of hydrogen-bond acceptors (Lipinski definition) is 6. The Balaban J connectivity index is 2.00. The Labute approximate surface area is 192 Å². The Morgan fingerprint density at radius 2 is 1.94 bits per heavy atom. The van der Waals surface area contributed by atoms with E-state index in [1.54, 1.807) is 32.4 Å². The van der Waals surface area contributed by atoms with Crippen LogP contribution in [0.2, 0.25) is 0 Å². The van der Waals surface area contributed by atoms with Crippen LogP contribution in [0.4, 0.5) is 4.79 Å². The topological polar surface area (TPSA) is 109 Å². The molecule has 3 heterocycles. The number of carboxylic acids is 1. The van der Waals surface area contributed by atoms with Gasteiger partial charge in [0.1, 0.15) is 17.3 Å². The number of hydrogen-bond donors (Lipinski definition) is 2. The van der Waals surface area contributed by atoms with E-state index in [-0.39, 0.29) is 5.70 Å². The lowest BCUT2D eigenvalue weighted by molar-refractivity contribution is -0.179. The van der Waals surface area contributed by atoms with Crippen molar-refractivity contribution >= 4 is 35.4 Å². The van der Waals surface area contributed by atoms with Crippen molar-refractivity contribution in [2.75, 3.05) is 0 Å². The summed E-state index contributed by atoms with van der Waals surface area (Å²) in [7, 11) is 0. The molecule has 1 saturated heterocycles. The number of rotatable bonds is 4. The lowest BCUT2D eigenvalue weighted by Gasteiger charge is -2.65. The number of aryl methyl sites for hydroxylation is 1. The molecule has 2 aliphatic heterocycles. The molecule has 1 aromatic rings. The number of thiazole rings is 1. The molecule has 2 atom stereocenters. The standard InChI is InChI=1S/C23H31N3O5S/c1-13-15(32-12-24-13)9-8-14-10-11-23(21(2,3)4)17(25-20(30)31-22(5,6)7)18(27)26(23)16(14)19(28)29/h8-9,12,17H,10-11H2,1-7H3,(H,25,30)(H,28,29). The van der Waals surface area contributed by atoms with Gasteiger partial charge < -0.3 is 15.2 Å². The molecular weight excluding hydrogens is 430 g/mol. The minimum atomic E-state index is -1.16. The molecule has 0 saturated carbocycles. The molecule has 1 aromatic heterocycles. The molecule has 2 unspecified atom stereocenters. The predicted molar refractivity (Wildman–Crippen MR) is 122 cm³/mol. The van der Waals surface area contributed by atoms with Gasteiger partial charge in [-0.1, -0.05) is 26.8 Å². The van der Waals surface area contributed by atoms with E-state index >= 15 is 0 Å². The summed E-state index contributed by atoms with van der Waals surface area (Å²) < 4.78 is 5.35. The number of allylic oxidation sites excluding steroid dienone is 2. The normalized spacial score (nSPS) is 23.8. The van der Waals surface area contributed by atoms with Crippen molar-refractivity contribution in [3.8, 4) is 0 Å². The number of carbonyl (C=O) groups excluding carboxylic acids is 2. The Kier molecular flexibility index (Phi) is 6.01. The highest BCUT2D eigenvalue weighted by molar-refractivity contribution is 7.10. The molecule has 0 bridgehead atoms. The van der Waals surface area contributed by atoms with Crippen LogP contribution in [0.3, 0.4) is 0 Å². The fourth-order valence-corrected chi connectivity index (χ4v) is 5.23. The SMILES string of the molecule is Cc1ncsc1C=CC1=C(C(=O)O)N2C(=O)C(NC(=O)OC(C)(C)C)C2(C(C)(C)C)CC1. The van der Waals surface area contributed by atoms with Gasteiger partial charge in [-0.25, -0.2) is 14.6 Å². The molecule has 2 N–H and O–H groups in total. The van der Waals surface area contributed by atoms with Gasteiger partial charge in [-0.05, 0) is 57.6 Å². The summed E-state index contributed by atoms with van der Waals surface area (Å²) in [6.07, 6.45) is 3.89. The van der Waals surface area contributed by atoms with Crippen molar-refractivity contribution in [3.05, 3.63) is 33.4 Å². The number of carbonyl (C=O) groups is 3. The maximum Gasteiger partial charge on any atom is 0.408 e. The number of ether oxygens (including phenoxy) is 1. The van der Waals surface area contributed by atoms with E-state index in [2.05, 4.69) is 10.3 Å². The van der Waals surface area contributed by atoms with Crippen molar-refractivity contribution in [2.45, 2.75) is 78.5 Å². The van der Waals surface area contributed by atoms with Gasteiger partial charge in [-0.15, -0.1) is 11.3 Å². The third-order valence-corrected chi connectivity index (χ3v) is 6.92. The Morgan fingerprint density at radius 1 is 1.28 bits per heavy atom. The molecular formula is C23H31N3O5S. The molecule has 3 rings (SSSR count). The number of amides is 2. The molecule has 0 aromatic carbocycles. The van der Waals surface area contributed by atoms with Crippen molar-refractivity contribution in [1.82, 2.24) is 15.2 Å². The second-order valence-corrected chi connectivity index (χ2v) is 11.1. The highest BCUT2D eigenvalue weighted by atomic mass is 32.1. The molecule has 0 spiro atoms. The third kappa shape index (κ3) is 4.05.